The minimum absolute atomic E-state index is 0.200. The minimum Gasteiger partial charge on any atom is -0.353 e. The topological polar surface area (TPSA) is 61.4 Å². The van der Waals surface area contributed by atoms with Gasteiger partial charge in [-0.25, -0.2) is 4.79 Å². The van der Waals surface area contributed by atoms with E-state index in [0.717, 1.165) is 12.1 Å². The summed E-state index contributed by atoms with van der Waals surface area (Å²) in [4.78, 5) is 24.9. The lowest BCUT2D eigenvalue weighted by Gasteiger charge is -2.32. The second-order valence-electron chi connectivity index (χ2n) is 5.34. The fraction of sp³-hybridized carbons (Fsp3) is 0.467. The molecule has 1 aliphatic heterocycles. The zero-order valence-corrected chi connectivity index (χ0v) is 12.6. The highest BCUT2D eigenvalue weighted by molar-refractivity contribution is 5.87. The average Bonchev–Trinajstić information content (AvgIpc) is 2.49. The van der Waals surface area contributed by atoms with E-state index in [4.69, 9.17) is 0 Å². The highest BCUT2D eigenvalue weighted by atomic mass is 19.4. The molecule has 23 heavy (non-hydrogen) atoms. The largest absolute Gasteiger partial charge is 0.416 e. The van der Waals surface area contributed by atoms with Crippen molar-refractivity contribution in [3.63, 3.8) is 0 Å². The van der Waals surface area contributed by atoms with Crippen LogP contribution in [0.5, 0.6) is 0 Å². The summed E-state index contributed by atoms with van der Waals surface area (Å²) in [5.41, 5.74) is 0.00109. The molecule has 2 N–H and O–H groups in total. The van der Waals surface area contributed by atoms with Crippen LogP contribution in [0.15, 0.2) is 24.3 Å². The maximum atomic E-state index is 12.5. The van der Waals surface area contributed by atoms with Gasteiger partial charge in [0, 0.05) is 19.6 Å². The summed E-state index contributed by atoms with van der Waals surface area (Å²) in [5.74, 6) is -0.200. The van der Waals surface area contributed by atoms with E-state index in [1.807, 2.05) is 0 Å². The number of halogens is 3. The highest BCUT2D eigenvalue weighted by Gasteiger charge is 2.30. The predicted molar refractivity (Wildman–Crippen MR) is 77.7 cm³/mol. The molecule has 8 heteroatoms. The SMILES string of the molecule is CC1C(=O)NCCN1C(=O)NCCc1ccc(C(F)(F)F)cc1. The molecule has 0 radical (unpaired) electrons. The summed E-state index contributed by atoms with van der Waals surface area (Å²) in [7, 11) is 0. The van der Waals surface area contributed by atoms with Gasteiger partial charge in [0.15, 0.2) is 0 Å². The molecule has 0 saturated carbocycles. The molecule has 0 spiro atoms. The van der Waals surface area contributed by atoms with Gasteiger partial charge in [-0.15, -0.1) is 0 Å². The number of carbonyl (C=O) groups excluding carboxylic acids is 2. The maximum Gasteiger partial charge on any atom is 0.416 e. The summed E-state index contributed by atoms with van der Waals surface area (Å²) in [6.07, 6.45) is -3.93. The van der Waals surface area contributed by atoms with Gasteiger partial charge < -0.3 is 15.5 Å². The number of hydrogen-bond donors (Lipinski definition) is 2. The van der Waals surface area contributed by atoms with E-state index in [2.05, 4.69) is 10.6 Å². The van der Waals surface area contributed by atoms with Gasteiger partial charge in [-0.1, -0.05) is 12.1 Å². The van der Waals surface area contributed by atoms with Crippen LogP contribution < -0.4 is 10.6 Å². The Labute approximate surface area is 131 Å². The zero-order chi connectivity index (χ0) is 17.0. The van der Waals surface area contributed by atoms with Gasteiger partial charge in [0.05, 0.1) is 5.56 Å². The summed E-state index contributed by atoms with van der Waals surface area (Å²) in [6.45, 7) is 2.77. The lowest BCUT2D eigenvalue weighted by molar-refractivity contribution is -0.137. The number of benzene rings is 1. The second kappa shape index (κ2) is 6.89. The van der Waals surface area contributed by atoms with Crippen LogP contribution in [0.4, 0.5) is 18.0 Å². The molecule has 1 atom stereocenters. The molecule has 1 saturated heterocycles. The van der Waals surface area contributed by atoms with E-state index >= 15 is 0 Å². The van der Waals surface area contributed by atoms with Gasteiger partial charge in [0.25, 0.3) is 0 Å². The Morgan fingerprint density at radius 2 is 2.00 bits per heavy atom. The molecule has 0 aliphatic carbocycles. The fourth-order valence-electron chi connectivity index (χ4n) is 2.34. The van der Waals surface area contributed by atoms with Crippen molar-refractivity contribution in [3.8, 4) is 0 Å². The number of rotatable bonds is 3. The molecule has 0 aromatic heterocycles. The smallest absolute Gasteiger partial charge is 0.353 e. The molecule has 1 aromatic rings. The van der Waals surface area contributed by atoms with Gasteiger partial charge in [0.2, 0.25) is 5.91 Å². The van der Waals surface area contributed by atoms with E-state index in [1.165, 1.54) is 17.0 Å². The van der Waals surface area contributed by atoms with Crippen LogP contribution in [0.1, 0.15) is 18.1 Å². The molecule has 1 aliphatic rings. The van der Waals surface area contributed by atoms with Crippen LogP contribution in [0.2, 0.25) is 0 Å². The van der Waals surface area contributed by atoms with E-state index in [1.54, 1.807) is 6.92 Å². The van der Waals surface area contributed by atoms with Crippen molar-refractivity contribution in [2.75, 3.05) is 19.6 Å². The third-order valence-electron chi connectivity index (χ3n) is 3.73. The van der Waals surface area contributed by atoms with Crippen LogP contribution in [-0.4, -0.2) is 42.5 Å². The summed E-state index contributed by atoms with van der Waals surface area (Å²) in [5, 5.41) is 5.34. The van der Waals surface area contributed by atoms with Crippen molar-refractivity contribution >= 4 is 11.9 Å². The van der Waals surface area contributed by atoms with Crippen LogP contribution >= 0.6 is 0 Å². The minimum atomic E-state index is -4.35. The number of hydrogen-bond acceptors (Lipinski definition) is 2. The Balaban J connectivity index is 1.82. The van der Waals surface area contributed by atoms with Crippen molar-refractivity contribution in [1.82, 2.24) is 15.5 Å². The van der Waals surface area contributed by atoms with Crippen LogP contribution in [0, 0.1) is 0 Å². The first-order chi connectivity index (χ1) is 10.8. The van der Waals surface area contributed by atoms with E-state index < -0.39 is 17.8 Å². The normalized spacial score (nSPS) is 18.5. The molecule has 1 unspecified atom stereocenters. The zero-order valence-electron chi connectivity index (χ0n) is 12.6. The number of carbonyl (C=O) groups is 2. The van der Waals surface area contributed by atoms with E-state index in [9.17, 15) is 22.8 Å². The van der Waals surface area contributed by atoms with Crippen LogP contribution in [0.3, 0.4) is 0 Å². The molecule has 126 valence electrons. The predicted octanol–water partition coefficient (Wildman–Crippen LogP) is 1.78. The standard InChI is InChI=1S/C15H18F3N3O2/c1-10-13(22)19-8-9-21(10)14(23)20-7-6-11-2-4-12(5-3-11)15(16,17)18/h2-5,10H,6-9H2,1H3,(H,19,22)(H,20,23). The number of urea groups is 1. The van der Waals surface area contributed by atoms with Crippen molar-refractivity contribution in [1.29, 1.82) is 0 Å². The number of nitrogens with one attached hydrogen (secondary N) is 2. The summed E-state index contributed by atoms with van der Waals surface area (Å²) in [6, 6.07) is 3.95. The van der Waals surface area contributed by atoms with Crippen molar-refractivity contribution < 1.29 is 22.8 Å². The Kier molecular flexibility index (Phi) is 5.12. The molecule has 2 rings (SSSR count). The van der Waals surface area contributed by atoms with Crippen molar-refractivity contribution in [3.05, 3.63) is 35.4 Å². The van der Waals surface area contributed by atoms with Gasteiger partial charge in [0.1, 0.15) is 6.04 Å². The Morgan fingerprint density at radius 1 is 1.35 bits per heavy atom. The average molecular weight is 329 g/mol. The molecule has 1 aromatic carbocycles. The first-order valence-corrected chi connectivity index (χ1v) is 7.27. The fourth-order valence-corrected chi connectivity index (χ4v) is 2.34. The third-order valence-corrected chi connectivity index (χ3v) is 3.73. The van der Waals surface area contributed by atoms with Crippen LogP contribution in [0.25, 0.3) is 0 Å². The van der Waals surface area contributed by atoms with Gasteiger partial charge in [-0.3, -0.25) is 4.79 Å². The second-order valence-corrected chi connectivity index (χ2v) is 5.34. The Bertz CT molecular complexity index is 572. The van der Waals surface area contributed by atoms with Crippen LogP contribution in [-0.2, 0) is 17.4 Å². The first kappa shape index (κ1) is 17.1. The Hall–Kier alpha value is -2.25. The van der Waals surface area contributed by atoms with Crippen molar-refractivity contribution in [2.45, 2.75) is 25.6 Å². The van der Waals surface area contributed by atoms with Crippen molar-refractivity contribution in [2.24, 2.45) is 0 Å². The highest BCUT2D eigenvalue weighted by Crippen LogP contribution is 2.29. The van der Waals surface area contributed by atoms with E-state index in [0.29, 0.717) is 25.1 Å². The molecule has 1 heterocycles. The molecular formula is C15H18F3N3O2. The number of alkyl halides is 3. The first-order valence-electron chi connectivity index (χ1n) is 7.27. The number of piperazine rings is 1. The van der Waals surface area contributed by atoms with Gasteiger partial charge >= 0.3 is 12.2 Å². The number of nitrogens with zero attached hydrogens (tertiary/aromatic N) is 1. The third kappa shape index (κ3) is 4.37. The molecule has 0 bridgehead atoms. The van der Waals surface area contributed by atoms with Gasteiger partial charge in [-0.2, -0.15) is 13.2 Å². The molecular weight excluding hydrogens is 311 g/mol. The summed E-state index contributed by atoms with van der Waals surface area (Å²) < 4.78 is 37.4. The molecule has 3 amide bonds. The summed E-state index contributed by atoms with van der Waals surface area (Å²) >= 11 is 0. The molecule has 5 nitrogen and oxygen atoms in total. The molecule has 1 fully saturated rings. The van der Waals surface area contributed by atoms with E-state index in [-0.39, 0.29) is 18.5 Å². The quantitative estimate of drug-likeness (QED) is 0.888. The van der Waals surface area contributed by atoms with Gasteiger partial charge in [-0.05, 0) is 31.0 Å². The lowest BCUT2D eigenvalue weighted by Crippen LogP contribution is -2.58. The monoisotopic (exact) mass is 329 g/mol. The number of amides is 3. The maximum absolute atomic E-state index is 12.5. The Morgan fingerprint density at radius 3 is 2.61 bits per heavy atom. The lowest BCUT2D eigenvalue weighted by atomic mass is 10.1.